The molecule has 0 bridgehead atoms. The van der Waals surface area contributed by atoms with Crippen molar-refractivity contribution in [3.63, 3.8) is 0 Å². The van der Waals surface area contributed by atoms with Crippen LogP contribution in [0.4, 0.5) is 0 Å². The van der Waals surface area contributed by atoms with Crippen LogP contribution in [0.25, 0.3) is 0 Å². The van der Waals surface area contributed by atoms with E-state index in [9.17, 15) is 0 Å². The Balaban J connectivity index is 2.10. The highest BCUT2D eigenvalue weighted by Crippen LogP contribution is 2.37. The third kappa shape index (κ3) is 4.04. The molecular weight excluding hydrogens is 258 g/mol. The van der Waals surface area contributed by atoms with Crippen molar-refractivity contribution < 1.29 is 0 Å². The van der Waals surface area contributed by atoms with Gasteiger partial charge in [0, 0.05) is 24.5 Å². The minimum Gasteiger partial charge on any atom is -0.326 e. The van der Waals surface area contributed by atoms with Crippen LogP contribution in [-0.4, -0.2) is 29.0 Å². The molecule has 0 spiro atoms. The fourth-order valence-corrected chi connectivity index (χ4v) is 3.56. The van der Waals surface area contributed by atoms with E-state index in [0.29, 0.717) is 11.5 Å². The lowest BCUT2D eigenvalue weighted by Crippen LogP contribution is -2.46. The zero-order valence-electron chi connectivity index (χ0n) is 14.0. The van der Waals surface area contributed by atoms with Crippen LogP contribution in [0.3, 0.4) is 0 Å². The smallest absolute Gasteiger partial charge is 0.0500 e. The van der Waals surface area contributed by atoms with Gasteiger partial charge in [0.05, 0.1) is 0 Å². The quantitative estimate of drug-likeness (QED) is 0.920. The molecular formula is C18H31N3. The Morgan fingerprint density at radius 2 is 1.81 bits per heavy atom. The Hall–Kier alpha value is -0.930. The maximum Gasteiger partial charge on any atom is 0.0500 e. The van der Waals surface area contributed by atoms with Gasteiger partial charge in [-0.25, -0.2) is 0 Å². The molecule has 1 aliphatic heterocycles. The van der Waals surface area contributed by atoms with Gasteiger partial charge in [0.1, 0.15) is 0 Å². The van der Waals surface area contributed by atoms with Crippen LogP contribution in [0.15, 0.2) is 24.5 Å². The van der Waals surface area contributed by atoms with Crippen LogP contribution in [0.5, 0.6) is 0 Å². The van der Waals surface area contributed by atoms with E-state index in [0.717, 1.165) is 25.4 Å². The van der Waals surface area contributed by atoms with Crippen molar-refractivity contribution in [2.45, 2.75) is 59.0 Å². The zero-order valence-corrected chi connectivity index (χ0v) is 14.0. The lowest BCUT2D eigenvalue weighted by molar-refractivity contribution is 0.0722. The van der Waals surface area contributed by atoms with Crippen molar-refractivity contribution in [2.75, 3.05) is 13.1 Å². The molecule has 1 aromatic rings. The van der Waals surface area contributed by atoms with Gasteiger partial charge < -0.3 is 5.73 Å². The van der Waals surface area contributed by atoms with Crippen molar-refractivity contribution in [3.05, 3.63) is 30.1 Å². The average Bonchev–Trinajstić information content (AvgIpc) is 2.48. The third-order valence-electron chi connectivity index (χ3n) is 5.07. The first-order valence-electron chi connectivity index (χ1n) is 8.33. The summed E-state index contributed by atoms with van der Waals surface area (Å²) in [6.07, 6.45) is 7.33. The van der Waals surface area contributed by atoms with E-state index in [-0.39, 0.29) is 6.04 Å². The Morgan fingerprint density at radius 3 is 2.29 bits per heavy atom. The lowest BCUT2D eigenvalue weighted by atomic mass is 9.75. The van der Waals surface area contributed by atoms with E-state index in [2.05, 4.69) is 49.7 Å². The first-order chi connectivity index (χ1) is 9.93. The molecule has 2 N–H and O–H groups in total. The SMILES string of the molecule is CCC(N)C(c1ccncc1)N1CCC(C(C)(C)C)CC1. The number of piperidine rings is 1. The van der Waals surface area contributed by atoms with Gasteiger partial charge >= 0.3 is 0 Å². The van der Waals surface area contributed by atoms with Gasteiger partial charge in [-0.1, -0.05) is 27.7 Å². The number of nitrogens with zero attached hydrogens (tertiary/aromatic N) is 2. The molecule has 2 atom stereocenters. The molecule has 1 saturated heterocycles. The summed E-state index contributed by atoms with van der Waals surface area (Å²) in [4.78, 5) is 6.73. The van der Waals surface area contributed by atoms with Crippen molar-refractivity contribution >= 4 is 0 Å². The van der Waals surface area contributed by atoms with Gasteiger partial charge in [0.15, 0.2) is 0 Å². The predicted molar refractivity (Wildman–Crippen MR) is 89.0 cm³/mol. The Kier molecular flexibility index (Phi) is 5.39. The molecule has 21 heavy (non-hydrogen) atoms. The molecule has 3 nitrogen and oxygen atoms in total. The first-order valence-corrected chi connectivity index (χ1v) is 8.33. The maximum absolute atomic E-state index is 6.44. The number of rotatable bonds is 4. The summed E-state index contributed by atoms with van der Waals surface area (Å²) in [6.45, 7) is 11.6. The lowest BCUT2D eigenvalue weighted by Gasteiger charge is -2.43. The third-order valence-corrected chi connectivity index (χ3v) is 5.07. The molecule has 0 aliphatic carbocycles. The van der Waals surface area contributed by atoms with Gasteiger partial charge in [-0.15, -0.1) is 0 Å². The molecule has 1 fully saturated rings. The average molecular weight is 289 g/mol. The van der Waals surface area contributed by atoms with Crippen LogP contribution in [-0.2, 0) is 0 Å². The van der Waals surface area contributed by atoms with Crippen molar-refractivity contribution in [2.24, 2.45) is 17.1 Å². The number of hydrogen-bond acceptors (Lipinski definition) is 3. The Morgan fingerprint density at radius 1 is 1.24 bits per heavy atom. The molecule has 118 valence electrons. The van der Waals surface area contributed by atoms with Gasteiger partial charge in [-0.2, -0.15) is 0 Å². The molecule has 2 rings (SSSR count). The van der Waals surface area contributed by atoms with Crippen LogP contribution >= 0.6 is 0 Å². The topological polar surface area (TPSA) is 42.1 Å². The summed E-state index contributed by atoms with van der Waals surface area (Å²) in [6, 6.07) is 4.77. The molecule has 0 saturated carbocycles. The second-order valence-electron chi connectivity index (χ2n) is 7.47. The number of nitrogens with two attached hydrogens (primary N) is 1. The highest BCUT2D eigenvalue weighted by atomic mass is 15.2. The second-order valence-corrected chi connectivity index (χ2v) is 7.47. The summed E-state index contributed by atoms with van der Waals surface area (Å²) < 4.78 is 0. The van der Waals surface area contributed by atoms with E-state index >= 15 is 0 Å². The summed E-state index contributed by atoms with van der Waals surface area (Å²) in [5.74, 6) is 0.824. The summed E-state index contributed by atoms with van der Waals surface area (Å²) in [5, 5.41) is 0. The van der Waals surface area contributed by atoms with Crippen molar-refractivity contribution in [1.29, 1.82) is 0 Å². The van der Waals surface area contributed by atoms with E-state index in [1.165, 1.54) is 18.4 Å². The van der Waals surface area contributed by atoms with Crippen molar-refractivity contribution in [3.8, 4) is 0 Å². The number of aromatic nitrogens is 1. The number of pyridine rings is 1. The van der Waals surface area contributed by atoms with Crippen LogP contribution in [0.2, 0.25) is 0 Å². The number of hydrogen-bond donors (Lipinski definition) is 1. The molecule has 0 aromatic carbocycles. The molecule has 2 unspecified atom stereocenters. The highest BCUT2D eigenvalue weighted by molar-refractivity contribution is 5.17. The fourth-order valence-electron chi connectivity index (χ4n) is 3.56. The Labute approximate surface area is 129 Å². The second kappa shape index (κ2) is 6.89. The van der Waals surface area contributed by atoms with E-state index in [1.54, 1.807) is 0 Å². The summed E-state index contributed by atoms with van der Waals surface area (Å²) in [7, 11) is 0. The van der Waals surface area contributed by atoms with Crippen LogP contribution < -0.4 is 5.73 Å². The number of likely N-dealkylation sites (tertiary alicyclic amines) is 1. The molecule has 0 radical (unpaired) electrons. The van der Waals surface area contributed by atoms with Gasteiger partial charge in [0.25, 0.3) is 0 Å². The van der Waals surface area contributed by atoms with Gasteiger partial charge in [-0.05, 0) is 61.4 Å². The standard InChI is InChI=1S/C18H31N3/c1-5-16(19)17(14-6-10-20-11-7-14)21-12-8-15(9-13-21)18(2,3)4/h6-7,10-11,15-17H,5,8-9,12-13,19H2,1-4H3. The first kappa shape index (κ1) is 16.4. The molecule has 1 aliphatic rings. The fraction of sp³-hybridized carbons (Fsp3) is 0.722. The van der Waals surface area contributed by atoms with Crippen molar-refractivity contribution in [1.82, 2.24) is 9.88 Å². The van der Waals surface area contributed by atoms with Crippen LogP contribution in [0, 0.1) is 11.3 Å². The summed E-state index contributed by atoms with van der Waals surface area (Å²) in [5.41, 5.74) is 8.17. The van der Waals surface area contributed by atoms with Crippen LogP contribution in [0.1, 0.15) is 58.6 Å². The minimum absolute atomic E-state index is 0.193. The van der Waals surface area contributed by atoms with E-state index in [4.69, 9.17) is 5.73 Å². The Bertz CT molecular complexity index is 416. The minimum atomic E-state index is 0.193. The van der Waals surface area contributed by atoms with E-state index in [1.807, 2.05) is 12.4 Å². The molecule has 2 heterocycles. The molecule has 3 heteroatoms. The maximum atomic E-state index is 6.44. The largest absolute Gasteiger partial charge is 0.326 e. The summed E-state index contributed by atoms with van der Waals surface area (Å²) >= 11 is 0. The zero-order chi connectivity index (χ0) is 15.5. The normalized spacial score (nSPS) is 21.2. The van der Waals surface area contributed by atoms with Gasteiger partial charge in [-0.3, -0.25) is 9.88 Å². The van der Waals surface area contributed by atoms with Gasteiger partial charge in [0.2, 0.25) is 0 Å². The molecule has 1 aromatic heterocycles. The highest BCUT2D eigenvalue weighted by Gasteiger charge is 2.33. The monoisotopic (exact) mass is 289 g/mol. The predicted octanol–water partition coefficient (Wildman–Crippen LogP) is 3.62. The molecule has 0 amide bonds. The van der Waals surface area contributed by atoms with E-state index < -0.39 is 0 Å².